The smallest absolute Gasteiger partial charge is 0.143 e. The maximum atomic E-state index is 5.33. The molecule has 0 unspecified atom stereocenters. The van der Waals surface area contributed by atoms with E-state index in [2.05, 4.69) is 57.5 Å². The number of piperidine rings is 1. The quantitative estimate of drug-likeness (QED) is 0.523. The summed E-state index contributed by atoms with van der Waals surface area (Å²) in [6.45, 7) is 7.14. The molecule has 1 aromatic carbocycles. The predicted molar refractivity (Wildman–Crippen MR) is 115 cm³/mol. The predicted octanol–water partition coefficient (Wildman–Crippen LogP) is 5.21. The topological polar surface area (TPSA) is 58.0 Å². The molecule has 1 aliphatic heterocycles. The van der Waals surface area contributed by atoms with Crippen molar-refractivity contribution in [2.75, 3.05) is 13.1 Å². The van der Waals surface area contributed by atoms with Gasteiger partial charge < -0.3 is 9.51 Å². The summed E-state index contributed by atoms with van der Waals surface area (Å²) < 4.78 is 5.33. The molecule has 4 heterocycles. The Kier molecular flexibility index (Phi) is 4.68. The number of aryl methyl sites for hydroxylation is 2. The average molecular weight is 386 g/mol. The van der Waals surface area contributed by atoms with E-state index >= 15 is 0 Å². The minimum Gasteiger partial charge on any atom is -0.361 e. The van der Waals surface area contributed by atoms with Gasteiger partial charge in [0.05, 0.1) is 17.0 Å². The number of rotatable bonds is 4. The van der Waals surface area contributed by atoms with Crippen molar-refractivity contribution in [3.63, 3.8) is 0 Å². The van der Waals surface area contributed by atoms with Gasteiger partial charge in [-0.2, -0.15) is 0 Å². The van der Waals surface area contributed by atoms with E-state index in [1.165, 1.54) is 22.2 Å². The van der Waals surface area contributed by atoms with Gasteiger partial charge in [-0.15, -0.1) is 0 Å². The lowest BCUT2D eigenvalue weighted by Gasteiger charge is -2.31. The molecule has 0 spiro atoms. The van der Waals surface area contributed by atoms with Gasteiger partial charge in [-0.05, 0) is 75.0 Å². The lowest BCUT2D eigenvalue weighted by Crippen LogP contribution is -2.32. The van der Waals surface area contributed by atoms with Crippen molar-refractivity contribution in [2.24, 2.45) is 0 Å². The fourth-order valence-electron chi connectivity index (χ4n) is 4.51. The highest BCUT2D eigenvalue weighted by molar-refractivity contribution is 5.79. The van der Waals surface area contributed by atoms with Gasteiger partial charge in [0.2, 0.25) is 0 Å². The Morgan fingerprint density at radius 3 is 2.76 bits per heavy atom. The van der Waals surface area contributed by atoms with Crippen LogP contribution in [0.2, 0.25) is 0 Å². The first-order chi connectivity index (χ1) is 14.2. The molecule has 5 heteroatoms. The van der Waals surface area contributed by atoms with Crippen LogP contribution in [0.15, 0.2) is 53.2 Å². The van der Waals surface area contributed by atoms with Crippen molar-refractivity contribution in [3.05, 3.63) is 71.4 Å². The Hall–Kier alpha value is -2.92. The summed E-state index contributed by atoms with van der Waals surface area (Å²) in [5, 5.41) is 5.35. The molecule has 3 aromatic heterocycles. The molecule has 1 aliphatic rings. The van der Waals surface area contributed by atoms with E-state index in [4.69, 9.17) is 9.51 Å². The summed E-state index contributed by atoms with van der Waals surface area (Å²) in [5.74, 6) is 1.35. The van der Waals surface area contributed by atoms with Crippen molar-refractivity contribution < 1.29 is 4.52 Å². The van der Waals surface area contributed by atoms with Crippen LogP contribution in [0.3, 0.4) is 0 Å². The standard InChI is InChI=1S/C24H26N4O/c1-16-24(17(2)29-27-16)22-5-3-4-21(26-22)20-9-12-28(13-10-20)15-18-6-7-19-8-11-25-23(19)14-18/h3-8,11,14,20,25H,9-10,12-13,15H2,1-2H3. The minimum atomic E-state index is 0.512. The van der Waals surface area contributed by atoms with Gasteiger partial charge in [-0.25, -0.2) is 0 Å². The molecular formula is C24H26N4O. The first kappa shape index (κ1) is 18.1. The SMILES string of the molecule is Cc1noc(C)c1-c1cccc(C2CCN(Cc3ccc4cc[nH]c4c3)CC2)n1. The van der Waals surface area contributed by atoms with Crippen LogP contribution in [0.4, 0.5) is 0 Å². The number of pyridine rings is 1. The zero-order chi connectivity index (χ0) is 19.8. The van der Waals surface area contributed by atoms with Gasteiger partial charge in [-0.1, -0.05) is 23.4 Å². The fourth-order valence-corrected chi connectivity index (χ4v) is 4.51. The lowest BCUT2D eigenvalue weighted by atomic mass is 9.92. The zero-order valence-electron chi connectivity index (χ0n) is 17.0. The van der Waals surface area contributed by atoms with E-state index in [0.717, 1.165) is 55.2 Å². The summed E-state index contributed by atoms with van der Waals surface area (Å²) in [6, 6.07) is 15.2. The van der Waals surface area contributed by atoms with Gasteiger partial charge in [0.15, 0.2) is 0 Å². The molecular weight excluding hydrogens is 360 g/mol. The maximum absolute atomic E-state index is 5.33. The highest BCUT2D eigenvalue weighted by atomic mass is 16.5. The largest absolute Gasteiger partial charge is 0.361 e. The Balaban J connectivity index is 1.26. The van der Waals surface area contributed by atoms with E-state index in [0.29, 0.717) is 5.92 Å². The van der Waals surface area contributed by atoms with E-state index in [-0.39, 0.29) is 0 Å². The van der Waals surface area contributed by atoms with Crippen molar-refractivity contribution in [3.8, 4) is 11.3 Å². The second kappa shape index (κ2) is 7.48. The molecule has 1 fully saturated rings. The summed E-state index contributed by atoms with van der Waals surface area (Å²) >= 11 is 0. The van der Waals surface area contributed by atoms with E-state index < -0.39 is 0 Å². The van der Waals surface area contributed by atoms with Crippen LogP contribution in [-0.2, 0) is 6.54 Å². The molecule has 5 rings (SSSR count). The number of aromatic nitrogens is 3. The van der Waals surface area contributed by atoms with E-state index in [1.54, 1.807) is 0 Å². The normalized spacial score (nSPS) is 15.9. The Labute approximate surface area is 170 Å². The van der Waals surface area contributed by atoms with Crippen molar-refractivity contribution in [1.82, 2.24) is 20.0 Å². The van der Waals surface area contributed by atoms with Crippen molar-refractivity contribution in [1.29, 1.82) is 0 Å². The number of hydrogen-bond donors (Lipinski definition) is 1. The number of nitrogens with one attached hydrogen (secondary N) is 1. The third kappa shape index (κ3) is 3.58. The molecule has 0 atom stereocenters. The van der Waals surface area contributed by atoms with Gasteiger partial charge in [0.25, 0.3) is 0 Å². The van der Waals surface area contributed by atoms with Gasteiger partial charge >= 0.3 is 0 Å². The number of nitrogens with zero attached hydrogens (tertiary/aromatic N) is 3. The highest BCUT2D eigenvalue weighted by Gasteiger charge is 2.23. The number of hydrogen-bond acceptors (Lipinski definition) is 4. The molecule has 5 nitrogen and oxygen atoms in total. The minimum absolute atomic E-state index is 0.512. The van der Waals surface area contributed by atoms with E-state index in [9.17, 15) is 0 Å². The van der Waals surface area contributed by atoms with Crippen LogP contribution in [-0.4, -0.2) is 33.1 Å². The number of aromatic amines is 1. The summed E-state index contributed by atoms with van der Waals surface area (Å²) in [6.07, 6.45) is 4.29. The molecule has 4 aromatic rings. The van der Waals surface area contributed by atoms with Gasteiger partial charge in [0.1, 0.15) is 5.76 Å². The molecule has 0 aliphatic carbocycles. The molecule has 0 radical (unpaired) electrons. The Morgan fingerprint density at radius 1 is 1.10 bits per heavy atom. The van der Waals surface area contributed by atoms with Crippen LogP contribution >= 0.6 is 0 Å². The van der Waals surface area contributed by atoms with Crippen LogP contribution in [0.1, 0.15) is 41.5 Å². The molecule has 148 valence electrons. The summed E-state index contributed by atoms with van der Waals surface area (Å²) in [5.41, 5.74) is 6.69. The molecule has 0 amide bonds. The first-order valence-electron chi connectivity index (χ1n) is 10.4. The second-order valence-electron chi connectivity index (χ2n) is 8.10. The maximum Gasteiger partial charge on any atom is 0.143 e. The van der Waals surface area contributed by atoms with E-state index in [1.807, 2.05) is 20.0 Å². The number of H-pyrrole nitrogens is 1. The van der Waals surface area contributed by atoms with Crippen molar-refractivity contribution >= 4 is 10.9 Å². The summed E-state index contributed by atoms with van der Waals surface area (Å²) in [4.78, 5) is 10.8. The van der Waals surface area contributed by atoms with Crippen LogP contribution < -0.4 is 0 Å². The Morgan fingerprint density at radius 2 is 1.97 bits per heavy atom. The average Bonchev–Trinajstić information content (AvgIpc) is 3.34. The molecule has 1 N–H and O–H groups in total. The third-order valence-electron chi connectivity index (χ3n) is 6.09. The number of benzene rings is 1. The first-order valence-corrected chi connectivity index (χ1v) is 10.4. The van der Waals surface area contributed by atoms with Crippen LogP contribution in [0, 0.1) is 13.8 Å². The molecule has 29 heavy (non-hydrogen) atoms. The lowest BCUT2D eigenvalue weighted by molar-refractivity contribution is 0.203. The number of likely N-dealkylation sites (tertiary alicyclic amines) is 1. The summed E-state index contributed by atoms with van der Waals surface area (Å²) in [7, 11) is 0. The third-order valence-corrected chi connectivity index (χ3v) is 6.09. The fraction of sp³-hybridized carbons (Fsp3) is 0.333. The van der Waals surface area contributed by atoms with Crippen LogP contribution in [0.25, 0.3) is 22.2 Å². The monoisotopic (exact) mass is 386 g/mol. The van der Waals surface area contributed by atoms with Crippen molar-refractivity contribution in [2.45, 2.75) is 39.2 Å². The Bertz CT molecular complexity index is 1120. The molecule has 0 bridgehead atoms. The second-order valence-corrected chi connectivity index (χ2v) is 8.10. The highest BCUT2D eigenvalue weighted by Crippen LogP contribution is 2.31. The van der Waals surface area contributed by atoms with Crippen LogP contribution in [0.5, 0.6) is 0 Å². The number of fused-ring (bicyclic) bond motifs is 1. The van der Waals surface area contributed by atoms with Gasteiger partial charge in [-0.3, -0.25) is 9.88 Å². The molecule has 0 saturated carbocycles. The zero-order valence-corrected chi connectivity index (χ0v) is 17.0. The molecule has 1 saturated heterocycles. The van der Waals surface area contributed by atoms with Gasteiger partial charge in [0, 0.05) is 29.9 Å².